The van der Waals surface area contributed by atoms with Crippen molar-refractivity contribution >= 4 is 21.5 Å². The summed E-state index contributed by atoms with van der Waals surface area (Å²) in [4.78, 5) is 7.83. The number of nitrogens with zero attached hydrogens (tertiary/aromatic N) is 2. The summed E-state index contributed by atoms with van der Waals surface area (Å²) in [6.07, 6.45) is 2.42. The quantitative estimate of drug-likeness (QED) is 0.663. The second-order valence-electron chi connectivity index (χ2n) is 4.76. The molecule has 9 heteroatoms. The highest BCUT2D eigenvalue weighted by molar-refractivity contribution is 7.88. The third-order valence-corrected chi connectivity index (χ3v) is 3.12. The standard InChI is InChI=1S/C10H19N5O3S/c1-10(2,15-19(4,16)17)5-12-8-7(11)9(18-3)14-6-13-8/h6,15H,5,11H2,1-4H3,(H,12,13,14). The number of nitrogens with two attached hydrogens (primary N) is 1. The number of hydrogen-bond acceptors (Lipinski definition) is 7. The summed E-state index contributed by atoms with van der Waals surface area (Å²) >= 11 is 0. The molecule has 108 valence electrons. The Hall–Kier alpha value is -1.61. The fraction of sp³-hybridized carbons (Fsp3) is 0.600. The fourth-order valence-electron chi connectivity index (χ4n) is 1.53. The molecule has 0 saturated carbocycles. The lowest BCUT2D eigenvalue weighted by atomic mass is 10.1. The van der Waals surface area contributed by atoms with Crippen molar-refractivity contribution in [1.29, 1.82) is 0 Å². The molecule has 0 aromatic carbocycles. The van der Waals surface area contributed by atoms with Crippen molar-refractivity contribution in [2.24, 2.45) is 0 Å². The van der Waals surface area contributed by atoms with Gasteiger partial charge < -0.3 is 15.8 Å². The highest BCUT2D eigenvalue weighted by Gasteiger charge is 2.22. The van der Waals surface area contributed by atoms with Gasteiger partial charge in [0.2, 0.25) is 15.9 Å². The molecule has 0 aliphatic carbocycles. The number of anilines is 2. The van der Waals surface area contributed by atoms with E-state index in [9.17, 15) is 8.42 Å². The first-order valence-electron chi connectivity index (χ1n) is 5.52. The molecule has 1 rings (SSSR count). The van der Waals surface area contributed by atoms with E-state index in [0.29, 0.717) is 12.4 Å². The Morgan fingerprint density at radius 2 is 2.05 bits per heavy atom. The lowest BCUT2D eigenvalue weighted by molar-refractivity contribution is 0.399. The molecule has 1 heterocycles. The van der Waals surface area contributed by atoms with Gasteiger partial charge in [-0.2, -0.15) is 4.98 Å². The summed E-state index contributed by atoms with van der Waals surface area (Å²) in [6.45, 7) is 3.80. The molecule has 0 saturated heterocycles. The summed E-state index contributed by atoms with van der Waals surface area (Å²) in [7, 11) is -1.83. The van der Waals surface area contributed by atoms with Crippen molar-refractivity contribution in [2.45, 2.75) is 19.4 Å². The summed E-state index contributed by atoms with van der Waals surface area (Å²) in [5.74, 6) is 0.668. The van der Waals surface area contributed by atoms with E-state index in [1.807, 2.05) is 0 Å². The Morgan fingerprint density at radius 1 is 1.42 bits per heavy atom. The zero-order chi connectivity index (χ0) is 14.7. The van der Waals surface area contributed by atoms with E-state index >= 15 is 0 Å². The average Bonchev–Trinajstić information content (AvgIpc) is 2.24. The molecule has 4 N–H and O–H groups in total. The van der Waals surface area contributed by atoms with Crippen molar-refractivity contribution < 1.29 is 13.2 Å². The number of nitrogens with one attached hydrogen (secondary N) is 2. The number of sulfonamides is 1. The van der Waals surface area contributed by atoms with Crippen LogP contribution < -0.4 is 20.5 Å². The van der Waals surface area contributed by atoms with Crippen molar-refractivity contribution in [3.8, 4) is 5.88 Å². The maximum absolute atomic E-state index is 11.2. The molecular formula is C10H19N5O3S. The minimum Gasteiger partial charge on any atom is -0.479 e. The van der Waals surface area contributed by atoms with Crippen LogP contribution in [0.4, 0.5) is 11.5 Å². The van der Waals surface area contributed by atoms with Gasteiger partial charge in [0, 0.05) is 12.1 Å². The fourth-order valence-corrected chi connectivity index (χ4v) is 2.60. The number of methoxy groups -OCH3 is 1. The third-order valence-electron chi connectivity index (χ3n) is 2.20. The summed E-state index contributed by atoms with van der Waals surface area (Å²) < 4.78 is 29.9. The minimum absolute atomic E-state index is 0.270. The van der Waals surface area contributed by atoms with Gasteiger partial charge in [0.25, 0.3) is 0 Å². The van der Waals surface area contributed by atoms with E-state index in [1.54, 1.807) is 13.8 Å². The Labute approximate surface area is 112 Å². The van der Waals surface area contributed by atoms with E-state index < -0.39 is 15.6 Å². The Balaban J connectivity index is 2.77. The largest absolute Gasteiger partial charge is 0.479 e. The number of rotatable bonds is 6. The highest BCUT2D eigenvalue weighted by Crippen LogP contribution is 2.24. The van der Waals surface area contributed by atoms with Crippen LogP contribution in [0, 0.1) is 0 Å². The van der Waals surface area contributed by atoms with Crippen LogP contribution in [0.3, 0.4) is 0 Å². The molecule has 0 spiro atoms. The number of hydrogen-bond donors (Lipinski definition) is 3. The Bertz CT molecular complexity index is 544. The average molecular weight is 289 g/mol. The van der Waals surface area contributed by atoms with Gasteiger partial charge in [0.05, 0.1) is 13.4 Å². The SMILES string of the molecule is COc1ncnc(NCC(C)(C)NS(C)(=O)=O)c1N. The van der Waals surface area contributed by atoms with Crippen molar-refractivity contribution in [1.82, 2.24) is 14.7 Å². The van der Waals surface area contributed by atoms with E-state index in [2.05, 4.69) is 20.0 Å². The highest BCUT2D eigenvalue weighted by atomic mass is 32.2. The normalized spacial score (nSPS) is 12.2. The topological polar surface area (TPSA) is 119 Å². The van der Waals surface area contributed by atoms with E-state index in [0.717, 1.165) is 6.26 Å². The smallest absolute Gasteiger partial charge is 0.242 e. The van der Waals surface area contributed by atoms with Gasteiger partial charge in [-0.05, 0) is 13.8 Å². The molecule has 0 atom stereocenters. The van der Waals surface area contributed by atoms with Crippen LogP contribution in [0.2, 0.25) is 0 Å². The molecule has 0 aliphatic heterocycles. The second-order valence-corrected chi connectivity index (χ2v) is 6.51. The van der Waals surface area contributed by atoms with Crippen molar-refractivity contribution in [3.63, 3.8) is 0 Å². The van der Waals surface area contributed by atoms with Crippen LogP contribution in [-0.4, -0.2) is 43.8 Å². The molecule has 0 radical (unpaired) electrons. The van der Waals surface area contributed by atoms with Gasteiger partial charge in [-0.25, -0.2) is 18.1 Å². The van der Waals surface area contributed by atoms with Gasteiger partial charge in [-0.3, -0.25) is 0 Å². The molecule has 0 unspecified atom stereocenters. The minimum atomic E-state index is -3.29. The number of ether oxygens (including phenoxy) is 1. The summed E-state index contributed by atoms with van der Waals surface area (Å²) in [6, 6.07) is 0. The lowest BCUT2D eigenvalue weighted by Crippen LogP contribution is -2.47. The molecule has 19 heavy (non-hydrogen) atoms. The van der Waals surface area contributed by atoms with E-state index in [1.165, 1.54) is 13.4 Å². The van der Waals surface area contributed by atoms with Gasteiger partial charge in [-0.1, -0.05) is 0 Å². The zero-order valence-corrected chi connectivity index (χ0v) is 12.2. The Morgan fingerprint density at radius 3 is 2.58 bits per heavy atom. The maximum Gasteiger partial charge on any atom is 0.242 e. The third kappa shape index (κ3) is 4.87. The van der Waals surface area contributed by atoms with Gasteiger partial charge in [0.15, 0.2) is 5.82 Å². The first kappa shape index (κ1) is 15.4. The van der Waals surface area contributed by atoms with Crippen LogP contribution in [0.1, 0.15) is 13.8 Å². The molecule has 0 fully saturated rings. The van der Waals surface area contributed by atoms with E-state index in [-0.39, 0.29) is 11.6 Å². The van der Waals surface area contributed by atoms with Crippen LogP contribution in [0.5, 0.6) is 5.88 Å². The monoisotopic (exact) mass is 289 g/mol. The molecule has 1 aromatic heterocycles. The molecular weight excluding hydrogens is 270 g/mol. The van der Waals surface area contributed by atoms with Gasteiger partial charge in [0.1, 0.15) is 12.0 Å². The molecule has 1 aromatic rings. The first-order valence-corrected chi connectivity index (χ1v) is 7.41. The Kier molecular flexibility index (Phi) is 4.53. The predicted octanol–water partition coefficient (Wildman–Crippen LogP) is -0.193. The van der Waals surface area contributed by atoms with Crippen molar-refractivity contribution in [3.05, 3.63) is 6.33 Å². The van der Waals surface area contributed by atoms with Crippen LogP contribution in [0.25, 0.3) is 0 Å². The van der Waals surface area contributed by atoms with Gasteiger partial charge in [-0.15, -0.1) is 0 Å². The summed E-state index contributed by atoms with van der Waals surface area (Å²) in [5, 5.41) is 2.97. The predicted molar refractivity (Wildman–Crippen MR) is 73.5 cm³/mol. The van der Waals surface area contributed by atoms with Crippen LogP contribution in [0.15, 0.2) is 6.33 Å². The summed E-state index contributed by atoms with van der Waals surface area (Å²) in [5.41, 5.74) is 5.39. The molecule has 0 aliphatic rings. The van der Waals surface area contributed by atoms with E-state index in [4.69, 9.17) is 10.5 Å². The maximum atomic E-state index is 11.2. The number of nitrogen functional groups attached to an aromatic ring is 1. The van der Waals surface area contributed by atoms with Gasteiger partial charge >= 0.3 is 0 Å². The van der Waals surface area contributed by atoms with Crippen molar-refractivity contribution in [2.75, 3.05) is 31.0 Å². The van der Waals surface area contributed by atoms with Crippen LogP contribution >= 0.6 is 0 Å². The number of aromatic nitrogens is 2. The molecule has 0 bridgehead atoms. The lowest BCUT2D eigenvalue weighted by Gasteiger charge is -2.25. The first-order chi connectivity index (χ1) is 8.64. The van der Waals surface area contributed by atoms with Crippen LogP contribution in [-0.2, 0) is 10.0 Å². The molecule has 0 amide bonds. The second kappa shape index (κ2) is 5.57. The molecule has 8 nitrogen and oxygen atoms in total. The zero-order valence-electron chi connectivity index (χ0n) is 11.4.